The average molecular weight is 297 g/mol. The molecule has 5 heteroatoms. The van der Waals surface area contributed by atoms with E-state index in [1.165, 1.54) is 0 Å². The van der Waals surface area contributed by atoms with Gasteiger partial charge in [-0.2, -0.15) is 0 Å². The molecular weight excluding hydrogens is 289 g/mol. The molecule has 1 aromatic carbocycles. The van der Waals surface area contributed by atoms with Gasteiger partial charge in [-0.15, -0.1) is 0 Å². The van der Waals surface area contributed by atoms with Gasteiger partial charge in [0, 0.05) is 3.57 Å². The lowest BCUT2D eigenvalue weighted by molar-refractivity contribution is 0.597. The van der Waals surface area contributed by atoms with Gasteiger partial charge in [0.15, 0.2) is 0 Å². The molecule has 0 saturated carbocycles. The van der Waals surface area contributed by atoms with Crippen molar-refractivity contribution in [3.63, 3.8) is 0 Å². The van der Waals surface area contributed by atoms with E-state index < -0.39 is 10.0 Å². The van der Waals surface area contributed by atoms with Crippen molar-refractivity contribution in [1.29, 1.82) is 0 Å². The Morgan fingerprint density at radius 2 is 1.92 bits per heavy atom. The number of hydrogen-bond donors (Lipinski definition) is 1. The highest BCUT2D eigenvalue weighted by Gasteiger charge is 2.07. The number of nitrogens with two attached hydrogens (primary N) is 1. The molecule has 0 atom stereocenters. The van der Waals surface area contributed by atoms with Gasteiger partial charge in [-0.3, -0.25) is 0 Å². The average Bonchev–Trinajstić information content (AvgIpc) is 1.82. The van der Waals surface area contributed by atoms with E-state index >= 15 is 0 Å². The van der Waals surface area contributed by atoms with Crippen LogP contribution in [-0.4, -0.2) is 8.42 Å². The zero-order valence-corrected chi connectivity index (χ0v) is 9.39. The number of halogens is 1. The Labute approximate surface area is 85.2 Å². The Morgan fingerprint density at radius 3 is 2.33 bits per heavy atom. The van der Waals surface area contributed by atoms with E-state index in [9.17, 15) is 8.42 Å². The third kappa shape index (κ3) is 2.43. The van der Waals surface area contributed by atoms with E-state index in [2.05, 4.69) is 22.6 Å². The van der Waals surface area contributed by atoms with Crippen LogP contribution < -0.4 is 5.14 Å². The Morgan fingerprint density at radius 1 is 1.33 bits per heavy atom. The minimum atomic E-state index is -3.55. The normalized spacial score (nSPS) is 11.6. The summed E-state index contributed by atoms with van der Waals surface area (Å²) >= 11 is 2.05. The van der Waals surface area contributed by atoms with Crippen LogP contribution in [0.25, 0.3) is 0 Å². The standard InChI is InChI=1S/C7H8INO2S/c1-5-2-6(8)4-7(3-5)12(9,10)11/h2-4H,1H3,(H2,9,10,11). The van der Waals surface area contributed by atoms with Crippen LogP contribution in [0.15, 0.2) is 23.1 Å². The van der Waals surface area contributed by atoms with Crippen LogP contribution >= 0.6 is 22.6 Å². The van der Waals surface area contributed by atoms with Crippen molar-refractivity contribution in [2.75, 3.05) is 0 Å². The molecule has 1 aromatic rings. The first-order chi connectivity index (χ1) is 5.39. The molecule has 0 bridgehead atoms. The van der Waals surface area contributed by atoms with Crippen molar-refractivity contribution in [2.24, 2.45) is 5.14 Å². The van der Waals surface area contributed by atoms with Gasteiger partial charge in [0.25, 0.3) is 0 Å². The number of primary sulfonamides is 1. The number of rotatable bonds is 1. The van der Waals surface area contributed by atoms with E-state index in [1.807, 2.05) is 13.0 Å². The highest BCUT2D eigenvalue weighted by atomic mass is 127. The minimum absolute atomic E-state index is 0.173. The van der Waals surface area contributed by atoms with Crippen molar-refractivity contribution in [1.82, 2.24) is 0 Å². The molecule has 0 aromatic heterocycles. The van der Waals surface area contributed by atoms with Gasteiger partial charge in [-0.05, 0) is 53.3 Å². The number of hydrogen-bond acceptors (Lipinski definition) is 2. The molecule has 0 aliphatic heterocycles. The predicted octanol–water partition coefficient (Wildman–Crippen LogP) is 1.25. The molecule has 0 saturated heterocycles. The Balaban J connectivity index is 3.37. The molecule has 0 radical (unpaired) electrons. The predicted molar refractivity (Wildman–Crippen MR) is 55.3 cm³/mol. The lowest BCUT2D eigenvalue weighted by atomic mass is 10.2. The monoisotopic (exact) mass is 297 g/mol. The van der Waals surface area contributed by atoms with Gasteiger partial charge in [-0.1, -0.05) is 0 Å². The van der Waals surface area contributed by atoms with Crippen molar-refractivity contribution >= 4 is 32.6 Å². The molecule has 66 valence electrons. The molecule has 0 heterocycles. The van der Waals surface area contributed by atoms with E-state index in [1.54, 1.807) is 12.1 Å². The van der Waals surface area contributed by atoms with E-state index in [4.69, 9.17) is 5.14 Å². The Hall–Kier alpha value is -0.140. The van der Waals surface area contributed by atoms with Crippen molar-refractivity contribution in [3.8, 4) is 0 Å². The molecule has 2 N–H and O–H groups in total. The summed E-state index contributed by atoms with van der Waals surface area (Å²) in [5.41, 5.74) is 0.894. The second-order valence-electron chi connectivity index (χ2n) is 2.51. The Bertz CT molecular complexity index is 380. The smallest absolute Gasteiger partial charge is 0.225 e. The summed E-state index contributed by atoms with van der Waals surface area (Å²) in [5, 5.41) is 4.96. The SMILES string of the molecule is Cc1cc(I)cc(S(N)(=O)=O)c1. The number of sulfonamides is 1. The molecule has 0 spiro atoms. The first-order valence-electron chi connectivity index (χ1n) is 3.19. The first kappa shape index (κ1) is 9.94. The summed E-state index contributed by atoms with van der Waals surface area (Å²) in [6.07, 6.45) is 0. The summed E-state index contributed by atoms with van der Waals surface area (Å²) in [7, 11) is -3.55. The number of benzene rings is 1. The van der Waals surface area contributed by atoms with E-state index in [-0.39, 0.29) is 4.90 Å². The van der Waals surface area contributed by atoms with Crippen LogP contribution in [0.1, 0.15) is 5.56 Å². The van der Waals surface area contributed by atoms with Crippen molar-refractivity contribution in [3.05, 3.63) is 27.3 Å². The van der Waals surface area contributed by atoms with Gasteiger partial charge in [0.2, 0.25) is 10.0 Å². The molecule has 0 unspecified atom stereocenters. The van der Waals surface area contributed by atoms with Gasteiger partial charge in [0.1, 0.15) is 0 Å². The van der Waals surface area contributed by atoms with E-state index in [0.29, 0.717) is 0 Å². The van der Waals surface area contributed by atoms with Crippen molar-refractivity contribution < 1.29 is 8.42 Å². The zero-order chi connectivity index (χ0) is 9.35. The van der Waals surface area contributed by atoms with Crippen LogP contribution in [0.2, 0.25) is 0 Å². The van der Waals surface area contributed by atoms with Gasteiger partial charge in [-0.25, -0.2) is 13.6 Å². The largest absolute Gasteiger partial charge is 0.238 e. The zero-order valence-electron chi connectivity index (χ0n) is 6.41. The van der Waals surface area contributed by atoms with E-state index in [0.717, 1.165) is 9.13 Å². The maximum Gasteiger partial charge on any atom is 0.238 e. The van der Waals surface area contributed by atoms with Crippen molar-refractivity contribution in [2.45, 2.75) is 11.8 Å². The first-order valence-corrected chi connectivity index (χ1v) is 5.82. The molecule has 0 amide bonds. The van der Waals surface area contributed by atoms with Crippen LogP contribution in [0, 0.1) is 10.5 Å². The topological polar surface area (TPSA) is 60.2 Å². The fourth-order valence-electron chi connectivity index (χ4n) is 0.867. The summed E-state index contributed by atoms with van der Waals surface area (Å²) in [5.74, 6) is 0. The quantitative estimate of drug-likeness (QED) is 0.793. The van der Waals surface area contributed by atoms with Crippen LogP contribution in [-0.2, 0) is 10.0 Å². The third-order valence-electron chi connectivity index (χ3n) is 1.34. The Kier molecular flexibility index (Phi) is 2.74. The minimum Gasteiger partial charge on any atom is -0.225 e. The molecule has 0 fully saturated rings. The maximum atomic E-state index is 10.9. The number of aryl methyl sites for hydroxylation is 1. The molecule has 0 aliphatic rings. The second-order valence-corrected chi connectivity index (χ2v) is 5.32. The summed E-state index contributed by atoms with van der Waals surface area (Å²) in [4.78, 5) is 0.173. The fourth-order valence-corrected chi connectivity index (χ4v) is 2.55. The molecule has 3 nitrogen and oxygen atoms in total. The lowest BCUT2D eigenvalue weighted by Gasteiger charge is -2.00. The maximum absolute atomic E-state index is 10.9. The van der Waals surface area contributed by atoms with Crippen LogP contribution in [0.4, 0.5) is 0 Å². The van der Waals surface area contributed by atoms with Gasteiger partial charge in [0.05, 0.1) is 4.90 Å². The highest BCUT2D eigenvalue weighted by molar-refractivity contribution is 14.1. The molecule has 0 aliphatic carbocycles. The summed E-state index contributed by atoms with van der Waals surface area (Å²) in [6.45, 7) is 1.83. The summed E-state index contributed by atoms with van der Waals surface area (Å²) in [6, 6.07) is 4.98. The van der Waals surface area contributed by atoms with Crippen LogP contribution in [0.3, 0.4) is 0 Å². The second kappa shape index (κ2) is 3.31. The van der Waals surface area contributed by atoms with Crippen LogP contribution in [0.5, 0.6) is 0 Å². The lowest BCUT2D eigenvalue weighted by Crippen LogP contribution is -2.12. The summed E-state index contributed by atoms with van der Waals surface area (Å²) < 4.78 is 22.7. The highest BCUT2D eigenvalue weighted by Crippen LogP contribution is 2.14. The molecule has 1 rings (SSSR count). The molecule has 12 heavy (non-hydrogen) atoms. The third-order valence-corrected chi connectivity index (χ3v) is 2.86. The van der Waals surface area contributed by atoms with Gasteiger partial charge >= 0.3 is 0 Å². The van der Waals surface area contributed by atoms with Gasteiger partial charge < -0.3 is 0 Å². The fraction of sp³-hybridized carbons (Fsp3) is 0.143. The molecular formula is C7H8INO2S.